The lowest BCUT2D eigenvalue weighted by molar-refractivity contribution is 0.0945. The van der Waals surface area contributed by atoms with Crippen LogP contribution in [0.1, 0.15) is 15.9 Å². The van der Waals surface area contributed by atoms with Crippen LogP contribution in [0.4, 0.5) is 5.69 Å². The fourth-order valence-electron chi connectivity index (χ4n) is 1.88. The molecule has 0 atom stereocenters. The molecule has 0 unspecified atom stereocenters. The van der Waals surface area contributed by atoms with Crippen molar-refractivity contribution in [3.63, 3.8) is 0 Å². The molecule has 0 saturated heterocycles. The summed E-state index contributed by atoms with van der Waals surface area (Å²) < 4.78 is 1.05. The van der Waals surface area contributed by atoms with E-state index in [1.165, 1.54) is 0 Å². The Balaban J connectivity index is 2.01. The van der Waals surface area contributed by atoms with Gasteiger partial charge in [-0.1, -0.05) is 40.2 Å². The molecule has 2 rings (SSSR count). The van der Waals surface area contributed by atoms with Crippen molar-refractivity contribution in [1.29, 1.82) is 0 Å². The van der Waals surface area contributed by atoms with Gasteiger partial charge in [0.05, 0.1) is 6.61 Å². The third-order valence-electron chi connectivity index (χ3n) is 2.96. The van der Waals surface area contributed by atoms with Gasteiger partial charge in [0, 0.05) is 28.8 Å². The Kier molecular flexibility index (Phi) is 5.78. The first-order chi connectivity index (χ1) is 10.2. The number of aliphatic hydroxyl groups excluding tert-OH is 1. The number of nitrogens with one attached hydrogen (secondary N) is 2. The SMILES string of the molecule is O=C(NCCO)c1cccc(NCc2ccccc2Br)c1. The Morgan fingerprint density at radius 2 is 1.95 bits per heavy atom. The number of hydrogen-bond acceptors (Lipinski definition) is 3. The lowest BCUT2D eigenvalue weighted by Gasteiger charge is -2.10. The molecule has 0 aromatic heterocycles. The topological polar surface area (TPSA) is 61.4 Å². The maximum atomic E-state index is 11.8. The molecule has 0 aliphatic heterocycles. The summed E-state index contributed by atoms with van der Waals surface area (Å²) in [6, 6.07) is 15.3. The van der Waals surface area contributed by atoms with Crippen molar-refractivity contribution in [3.8, 4) is 0 Å². The highest BCUT2D eigenvalue weighted by Gasteiger charge is 2.05. The maximum absolute atomic E-state index is 11.8. The van der Waals surface area contributed by atoms with Gasteiger partial charge in [-0.3, -0.25) is 4.79 Å². The van der Waals surface area contributed by atoms with Gasteiger partial charge in [-0.15, -0.1) is 0 Å². The largest absolute Gasteiger partial charge is 0.395 e. The first-order valence-electron chi connectivity index (χ1n) is 6.67. The second-order valence-corrected chi connectivity index (χ2v) is 5.36. The molecule has 1 amide bonds. The van der Waals surface area contributed by atoms with E-state index in [9.17, 15) is 4.79 Å². The summed E-state index contributed by atoms with van der Waals surface area (Å²) in [5, 5.41) is 14.6. The van der Waals surface area contributed by atoms with E-state index in [-0.39, 0.29) is 19.1 Å². The summed E-state index contributed by atoms with van der Waals surface area (Å²) in [6.45, 7) is 0.863. The Labute approximate surface area is 132 Å². The number of hydrogen-bond donors (Lipinski definition) is 3. The zero-order valence-corrected chi connectivity index (χ0v) is 13.1. The molecule has 5 heteroatoms. The highest BCUT2D eigenvalue weighted by Crippen LogP contribution is 2.18. The number of carbonyl (C=O) groups is 1. The van der Waals surface area contributed by atoms with Crippen LogP contribution in [-0.4, -0.2) is 24.2 Å². The number of rotatable bonds is 6. The summed E-state index contributed by atoms with van der Waals surface area (Å²) in [4.78, 5) is 11.8. The molecule has 3 N–H and O–H groups in total. The average Bonchev–Trinajstić information content (AvgIpc) is 2.52. The van der Waals surface area contributed by atoms with E-state index < -0.39 is 0 Å². The molecule has 0 heterocycles. The number of aliphatic hydroxyl groups is 1. The van der Waals surface area contributed by atoms with Crippen LogP contribution in [0, 0.1) is 0 Å². The molecule has 0 aliphatic carbocycles. The van der Waals surface area contributed by atoms with Crippen molar-refractivity contribution in [1.82, 2.24) is 5.32 Å². The van der Waals surface area contributed by atoms with Gasteiger partial charge in [0.1, 0.15) is 0 Å². The molecule has 0 radical (unpaired) electrons. The highest BCUT2D eigenvalue weighted by atomic mass is 79.9. The van der Waals surface area contributed by atoms with Crippen molar-refractivity contribution < 1.29 is 9.90 Å². The van der Waals surface area contributed by atoms with Gasteiger partial charge in [-0.05, 0) is 29.8 Å². The summed E-state index contributed by atoms with van der Waals surface area (Å²) in [5.74, 6) is -0.186. The zero-order valence-electron chi connectivity index (χ0n) is 11.5. The molecule has 0 saturated carbocycles. The number of halogens is 1. The molecule has 110 valence electrons. The van der Waals surface area contributed by atoms with E-state index in [0.717, 1.165) is 15.7 Å². The fraction of sp³-hybridized carbons (Fsp3) is 0.188. The van der Waals surface area contributed by atoms with Gasteiger partial charge in [0.2, 0.25) is 0 Å². The van der Waals surface area contributed by atoms with E-state index in [1.54, 1.807) is 12.1 Å². The third-order valence-corrected chi connectivity index (χ3v) is 3.74. The fourth-order valence-corrected chi connectivity index (χ4v) is 2.31. The summed E-state index contributed by atoms with van der Waals surface area (Å²) >= 11 is 3.51. The van der Waals surface area contributed by atoms with Crippen LogP contribution in [0.25, 0.3) is 0 Å². The van der Waals surface area contributed by atoms with Crippen molar-refractivity contribution >= 4 is 27.5 Å². The highest BCUT2D eigenvalue weighted by molar-refractivity contribution is 9.10. The Hall–Kier alpha value is -1.85. The molecule has 21 heavy (non-hydrogen) atoms. The van der Waals surface area contributed by atoms with Gasteiger partial charge in [0.15, 0.2) is 0 Å². The smallest absolute Gasteiger partial charge is 0.251 e. The zero-order chi connectivity index (χ0) is 15.1. The van der Waals surface area contributed by atoms with Gasteiger partial charge in [-0.2, -0.15) is 0 Å². The molecule has 0 bridgehead atoms. The minimum Gasteiger partial charge on any atom is -0.395 e. The van der Waals surface area contributed by atoms with Gasteiger partial charge in [0.25, 0.3) is 5.91 Å². The molecule has 4 nitrogen and oxygen atoms in total. The van der Waals surface area contributed by atoms with E-state index in [2.05, 4.69) is 26.6 Å². The lowest BCUT2D eigenvalue weighted by atomic mass is 10.1. The third kappa shape index (κ3) is 4.58. The van der Waals surface area contributed by atoms with Gasteiger partial charge < -0.3 is 15.7 Å². The molecule has 0 aliphatic rings. The second-order valence-electron chi connectivity index (χ2n) is 4.51. The number of carbonyl (C=O) groups excluding carboxylic acids is 1. The van der Waals surface area contributed by atoms with Crippen LogP contribution >= 0.6 is 15.9 Å². The minimum absolute atomic E-state index is 0.0638. The summed E-state index contributed by atoms with van der Waals surface area (Å²) in [5.41, 5.74) is 2.59. The van der Waals surface area contributed by atoms with Gasteiger partial charge >= 0.3 is 0 Å². The van der Waals surface area contributed by atoms with E-state index in [4.69, 9.17) is 5.11 Å². The van der Waals surface area contributed by atoms with Crippen LogP contribution in [0.2, 0.25) is 0 Å². The summed E-state index contributed by atoms with van der Waals surface area (Å²) in [6.07, 6.45) is 0. The lowest BCUT2D eigenvalue weighted by Crippen LogP contribution is -2.26. The predicted octanol–water partition coefficient (Wildman–Crippen LogP) is 2.78. The molecule has 2 aromatic carbocycles. The first-order valence-corrected chi connectivity index (χ1v) is 7.46. The molecule has 0 spiro atoms. The number of amides is 1. The molecular formula is C16H17BrN2O2. The van der Waals surface area contributed by atoms with Crippen LogP contribution in [0.5, 0.6) is 0 Å². The average molecular weight is 349 g/mol. The van der Waals surface area contributed by atoms with E-state index in [1.807, 2.05) is 36.4 Å². The van der Waals surface area contributed by atoms with Crippen LogP contribution < -0.4 is 10.6 Å². The monoisotopic (exact) mass is 348 g/mol. The van der Waals surface area contributed by atoms with Crippen molar-refractivity contribution in [2.24, 2.45) is 0 Å². The van der Waals surface area contributed by atoms with Crippen molar-refractivity contribution in [3.05, 3.63) is 64.1 Å². The minimum atomic E-state index is -0.186. The predicted molar refractivity (Wildman–Crippen MR) is 87.3 cm³/mol. The standard InChI is InChI=1S/C16H17BrN2O2/c17-15-7-2-1-4-13(15)11-19-14-6-3-5-12(10-14)16(21)18-8-9-20/h1-7,10,19-20H,8-9,11H2,(H,18,21). The van der Waals surface area contributed by atoms with E-state index in [0.29, 0.717) is 12.1 Å². The second kappa shape index (κ2) is 7.81. The number of benzene rings is 2. The Morgan fingerprint density at radius 1 is 1.14 bits per heavy atom. The molecule has 0 fully saturated rings. The number of anilines is 1. The normalized spacial score (nSPS) is 10.2. The van der Waals surface area contributed by atoms with Crippen molar-refractivity contribution in [2.45, 2.75) is 6.54 Å². The summed E-state index contributed by atoms with van der Waals surface area (Å²) in [7, 11) is 0. The van der Waals surface area contributed by atoms with Crippen LogP contribution in [0.15, 0.2) is 53.0 Å². The van der Waals surface area contributed by atoms with Crippen molar-refractivity contribution in [2.75, 3.05) is 18.5 Å². The molecule has 2 aromatic rings. The van der Waals surface area contributed by atoms with Gasteiger partial charge in [-0.25, -0.2) is 0 Å². The molecular weight excluding hydrogens is 332 g/mol. The van der Waals surface area contributed by atoms with E-state index >= 15 is 0 Å². The van der Waals surface area contributed by atoms with Crippen LogP contribution in [0.3, 0.4) is 0 Å². The Morgan fingerprint density at radius 3 is 2.71 bits per heavy atom. The maximum Gasteiger partial charge on any atom is 0.251 e. The first kappa shape index (κ1) is 15.5. The Bertz CT molecular complexity index is 617. The van der Waals surface area contributed by atoms with Crippen LogP contribution in [-0.2, 0) is 6.54 Å². The quantitative estimate of drug-likeness (QED) is 0.752.